The number of hydrogen-bond donors (Lipinski definition) is 2. The number of carboxylic acid groups (broad SMARTS) is 1. The first kappa shape index (κ1) is 20.7. The number of aromatic nitrogens is 4. The predicted molar refractivity (Wildman–Crippen MR) is 69.5 cm³/mol. The van der Waals surface area contributed by atoms with Crippen LogP contribution in [0.1, 0.15) is 32.4 Å². The van der Waals surface area contributed by atoms with Crippen LogP contribution in [0.25, 0.3) is 0 Å². The molecule has 0 atom stereocenters. The zero-order valence-corrected chi connectivity index (χ0v) is 12.2. The maximum atomic E-state index is 12.1. The first-order valence-electron chi connectivity index (χ1n) is 6.15. The van der Waals surface area contributed by atoms with Crippen LogP contribution in [0.2, 0.25) is 0 Å². The average molecular weight is 383 g/mol. The van der Waals surface area contributed by atoms with Gasteiger partial charge in [-0.25, -0.2) is 24.7 Å². The van der Waals surface area contributed by atoms with E-state index in [1.807, 2.05) is 0 Å². The average Bonchev–Trinajstić information content (AvgIpc) is 2.54. The Morgan fingerprint density at radius 2 is 1.12 bits per heavy atom. The number of primary amides is 1. The third-order valence-electron chi connectivity index (χ3n) is 2.37. The molecule has 0 radical (unpaired) electrons. The van der Waals surface area contributed by atoms with Gasteiger partial charge in [0.15, 0.2) is 22.8 Å². The maximum Gasteiger partial charge on any atom is 0.435 e. The van der Waals surface area contributed by atoms with Crippen molar-refractivity contribution in [3.05, 3.63) is 47.6 Å². The molecule has 0 saturated carbocycles. The molecule has 0 saturated heterocycles. The summed E-state index contributed by atoms with van der Waals surface area (Å²) in [5.74, 6) is -3.00. The minimum Gasteiger partial charge on any atom is -0.476 e. The van der Waals surface area contributed by atoms with Crippen LogP contribution in [0.15, 0.2) is 24.8 Å². The van der Waals surface area contributed by atoms with Gasteiger partial charge in [0.25, 0.3) is 5.91 Å². The zero-order chi connectivity index (χ0) is 20.1. The van der Waals surface area contributed by atoms with E-state index < -0.39 is 47.0 Å². The fourth-order valence-electron chi connectivity index (χ4n) is 1.43. The summed E-state index contributed by atoms with van der Waals surface area (Å²) in [6, 6.07) is 0. The molecule has 2 aromatic rings. The summed E-state index contributed by atoms with van der Waals surface area (Å²) in [6.45, 7) is 0. The van der Waals surface area contributed by atoms with Gasteiger partial charge in [-0.05, 0) is 0 Å². The molecule has 2 aromatic heterocycles. The molecule has 0 unspecified atom stereocenters. The van der Waals surface area contributed by atoms with E-state index in [4.69, 9.17) is 5.11 Å². The number of halogens is 6. The highest BCUT2D eigenvalue weighted by atomic mass is 19.4. The second-order valence-corrected chi connectivity index (χ2v) is 4.17. The molecule has 0 bridgehead atoms. The molecule has 8 nitrogen and oxygen atoms in total. The van der Waals surface area contributed by atoms with E-state index >= 15 is 0 Å². The normalized spacial score (nSPS) is 11.3. The lowest BCUT2D eigenvalue weighted by Gasteiger charge is -2.06. The van der Waals surface area contributed by atoms with Crippen molar-refractivity contribution in [1.29, 1.82) is 0 Å². The number of aromatic carboxylic acids is 1. The zero-order valence-electron chi connectivity index (χ0n) is 12.2. The van der Waals surface area contributed by atoms with Crippen molar-refractivity contribution < 1.29 is 41.0 Å². The van der Waals surface area contributed by atoms with Gasteiger partial charge < -0.3 is 10.8 Å². The number of nitrogens with two attached hydrogens (primary N) is 1. The van der Waals surface area contributed by atoms with Gasteiger partial charge in [0.1, 0.15) is 0 Å². The van der Waals surface area contributed by atoms with Gasteiger partial charge >= 0.3 is 18.3 Å². The fourth-order valence-corrected chi connectivity index (χ4v) is 1.43. The first-order valence-corrected chi connectivity index (χ1v) is 6.15. The molecule has 0 aromatic carbocycles. The van der Waals surface area contributed by atoms with Gasteiger partial charge in [0, 0.05) is 24.8 Å². The first-order chi connectivity index (χ1) is 11.9. The van der Waals surface area contributed by atoms with Crippen molar-refractivity contribution >= 4 is 11.9 Å². The van der Waals surface area contributed by atoms with Crippen molar-refractivity contribution in [1.82, 2.24) is 19.9 Å². The van der Waals surface area contributed by atoms with E-state index in [0.717, 1.165) is 24.8 Å². The molecule has 140 valence electrons. The van der Waals surface area contributed by atoms with E-state index in [1.165, 1.54) is 0 Å². The highest BCUT2D eigenvalue weighted by molar-refractivity contribution is 5.91. The van der Waals surface area contributed by atoms with E-state index in [0.29, 0.717) is 0 Å². The monoisotopic (exact) mass is 383 g/mol. The summed E-state index contributed by atoms with van der Waals surface area (Å²) in [7, 11) is 0. The number of carbonyl (C=O) groups is 2. The molecular formula is C12H7F6N5O3. The number of carbonyl (C=O) groups excluding carboxylic acids is 1. The van der Waals surface area contributed by atoms with Crippen LogP contribution in [0.5, 0.6) is 0 Å². The lowest BCUT2D eigenvalue weighted by atomic mass is 10.3. The van der Waals surface area contributed by atoms with Crippen LogP contribution in [-0.4, -0.2) is 36.9 Å². The summed E-state index contributed by atoms with van der Waals surface area (Å²) in [5.41, 5.74) is -0.126. The van der Waals surface area contributed by atoms with Gasteiger partial charge in [0.2, 0.25) is 0 Å². The van der Waals surface area contributed by atoms with Crippen molar-refractivity contribution in [3.8, 4) is 0 Å². The Balaban J connectivity index is 0.000000260. The SMILES string of the molecule is NC(=O)c1nccnc1C(F)(F)F.O=C(O)c1nccnc1C(F)(F)F. The molecule has 0 aliphatic carbocycles. The van der Waals surface area contributed by atoms with Crippen molar-refractivity contribution in [3.63, 3.8) is 0 Å². The molecule has 0 spiro atoms. The number of amides is 1. The van der Waals surface area contributed by atoms with E-state index in [9.17, 15) is 35.9 Å². The Kier molecular flexibility index (Phi) is 6.14. The number of rotatable bonds is 2. The smallest absolute Gasteiger partial charge is 0.435 e. The van der Waals surface area contributed by atoms with E-state index in [-0.39, 0.29) is 0 Å². The molecule has 0 fully saturated rings. The topological polar surface area (TPSA) is 132 Å². The van der Waals surface area contributed by atoms with Crippen LogP contribution >= 0.6 is 0 Å². The van der Waals surface area contributed by atoms with Crippen molar-refractivity contribution in [2.24, 2.45) is 5.73 Å². The Morgan fingerprint density at radius 1 is 0.769 bits per heavy atom. The van der Waals surface area contributed by atoms with Gasteiger partial charge in [0.05, 0.1) is 0 Å². The third kappa shape index (κ3) is 5.35. The largest absolute Gasteiger partial charge is 0.476 e. The second kappa shape index (κ2) is 7.71. The number of carboxylic acids is 1. The molecule has 2 heterocycles. The molecule has 2 rings (SSSR count). The highest BCUT2D eigenvalue weighted by Crippen LogP contribution is 2.29. The van der Waals surface area contributed by atoms with E-state index in [1.54, 1.807) is 0 Å². The number of nitrogens with zero attached hydrogens (tertiary/aromatic N) is 4. The fraction of sp³-hybridized carbons (Fsp3) is 0.167. The van der Waals surface area contributed by atoms with Crippen LogP contribution in [0, 0.1) is 0 Å². The highest BCUT2D eigenvalue weighted by Gasteiger charge is 2.38. The number of alkyl halides is 6. The Labute approximate surface area is 139 Å². The van der Waals surface area contributed by atoms with Crippen molar-refractivity contribution in [2.45, 2.75) is 12.4 Å². The molecule has 1 amide bonds. The van der Waals surface area contributed by atoms with Crippen LogP contribution in [0.4, 0.5) is 26.3 Å². The Morgan fingerprint density at radius 3 is 1.38 bits per heavy atom. The summed E-state index contributed by atoms with van der Waals surface area (Å²) in [5, 5.41) is 8.33. The van der Waals surface area contributed by atoms with Crippen LogP contribution in [0.3, 0.4) is 0 Å². The van der Waals surface area contributed by atoms with Crippen LogP contribution < -0.4 is 5.73 Å². The minimum absolute atomic E-state index is 0.787. The quantitative estimate of drug-likeness (QED) is 0.756. The summed E-state index contributed by atoms with van der Waals surface area (Å²) < 4.78 is 72.4. The number of hydrogen-bond acceptors (Lipinski definition) is 6. The van der Waals surface area contributed by atoms with E-state index in [2.05, 4.69) is 25.7 Å². The van der Waals surface area contributed by atoms with Gasteiger partial charge in [-0.15, -0.1) is 0 Å². The standard InChI is InChI=1S/C6H4F3N3O.C6H3F3N2O2/c7-6(8,9)4-3(5(10)13)11-1-2-12-4;7-6(8,9)4-3(5(12)13)10-1-2-11-4/h1-2H,(H2,10,13);1-2H,(H,12,13). The predicted octanol–water partition coefficient (Wildman–Crippen LogP) is 1.79. The molecule has 0 aliphatic rings. The Hall–Kier alpha value is -3.32. The Bertz CT molecular complexity index is 741. The molecule has 26 heavy (non-hydrogen) atoms. The summed E-state index contributed by atoms with van der Waals surface area (Å²) in [4.78, 5) is 32.9. The second-order valence-electron chi connectivity index (χ2n) is 4.17. The third-order valence-corrected chi connectivity index (χ3v) is 2.37. The maximum absolute atomic E-state index is 12.1. The van der Waals surface area contributed by atoms with Crippen molar-refractivity contribution in [2.75, 3.05) is 0 Å². The minimum atomic E-state index is -4.79. The molecule has 3 N–H and O–H groups in total. The summed E-state index contributed by atoms with van der Waals surface area (Å²) in [6.07, 6.45) is -6.01. The van der Waals surface area contributed by atoms with Gasteiger partial charge in [-0.1, -0.05) is 0 Å². The van der Waals surface area contributed by atoms with Gasteiger partial charge in [-0.3, -0.25) is 4.79 Å². The molecular weight excluding hydrogens is 376 g/mol. The van der Waals surface area contributed by atoms with Crippen LogP contribution in [-0.2, 0) is 12.4 Å². The summed E-state index contributed by atoms with van der Waals surface area (Å²) >= 11 is 0. The molecule has 14 heteroatoms. The lowest BCUT2D eigenvalue weighted by molar-refractivity contribution is -0.142. The molecule has 0 aliphatic heterocycles. The van der Waals surface area contributed by atoms with Gasteiger partial charge in [-0.2, -0.15) is 26.3 Å². The lowest BCUT2D eigenvalue weighted by Crippen LogP contribution is -2.21.